The first-order chi connectivity index (χ1) is 13.4. The van der Waals surface area contributed by atoms with Gasteiger partial charge in [0.15, 0.2) is 5.79 Å². The van der Waals surface area contributed by atoms with E-state index in [1.807, 2.05) is 63.2 Å². The Balaban J connectivity index is 1.49. The molecule has 0 saturated carbocycles. The van der Waals surface area contributed by atoms with Crippen LogP contribution in [0.4, 0.5) is 0 Å². The van der Waals surface area contributed by atoms with Gasteiger partial charge in [0.1, 0.15) is 0 Å². The number of benzene rings is 2. The normalized spacial score (nSPS) is 22.7. The summed E-state index contributed by atoms with van der Waals surface area (Å²) in [5.41, 5.74) is 2.34. The predicted molar refractivity (Wildman–Crippen MR) is 112 cm³/mol. The monoisotopic (exact) mass is 402 g/mol. The Morgan fingerprint density at radius 1 is 1.04 bits per heavy atom. The minimum Gasteiger partial charge on any atom is -0.377 e. The first-order valence-electron chi connectivity index (χ1n) is 9.84. The van der Waals surface area contributed by atoms with Crippen molar-refractivity contribution in [2.45, 2.75) is 63.1 Å². The van der Waals surface area contributed by atoms with Gasteiger partial charge in [0.05, 0.1) is 35.4 Å². The van der Waals surface area contributed by atoms with Gasteiger partial charge in [-0.1, -0.05) is 48.0 Å². The standard InChI is InChI=1S/C23H30O4S/c1-18-9-11-22(12-10-18)28(24)17-21-15-20(26-23(2,3)27-21)13-14-25-16-19-7-5-4-6-8-19/h4-12,20-21H,13-17H2,1-3H3/t20-,21-,28+/m0/s1. The van der Waals surface area contributed by atoms with Crippen LogP contribution in [0.3, 0.4) is 0 Å². The molecule has 152 valence electrons. The summed E-state index contributed by atoms with van der Waals surface area (Å²) in [7, 11) is -1.08. The van der Waals surface area contributed by atoms with Gasteiger partial charge >= 0.3 is 0 Å². The van der Waals surface area contributed by atoms with Crippen molar-refractivity contribution in [1.29, 1.82) is 0 Å². The molecular formula is C23H30O4S. The number of ether oxygens (including phenoxy) is 3. The maximum absolute atomic E-state index is 12.7. The molecular weight excluding hydrogens is 372 g/mol. The van der Waals surface area contributed by atoms with E-state index in [2.05, 4.69) is 12.1 Å². The van der Waals surface area contributed by atoms with Crippen LogP contribution in [-0.4, -0.2) is 34.6 Å². The van der Waals surface area contributed by atoms with E-state index in [0.717, 1.165) is 17.7 Å². The van der Waals surface area contributed by atoms with Crippen molar-refractivity contribution in [2.24, 2.45) is 0 Å². The van der Waals surface area contributed by atoms with Crippen molar-refractivity contribution in [3.63, 3.8) is 0 Å². The zero-order valence-electron chi connectivity index (χ0n) is 16.9. The lowest BCUT2D eigenvalue weighted by molar-refractivity contribution is -0.297. The molecule has 5 heteroatoms. The number of hydrogen-bond acceptors (Lipinski definition) is 4. The summed E-state index contributed by atoms with van der Waals surface area (Å²) in [4.78, 5) is 0.848. The van der Waals surface area contributed by atoms with Gasteiger partial charge in [-0.25, -0.2) is 0 Å². The lowest BCUT2D eigenvalue weighted by atomic mass is 10.1. The Kier molecular flexibility index (Phi) is 7.41. The molecule has 0 amide bonds. The molecule has 2 aromatic rings. The molecule has 0 aromatic heterocycles. The van der Waals surface area contributed by atoms with Crippen LogP contribution in [0.2, 0.25) is 0 Å². The second-order valence-corrected chi connectivity index (χ2v) is 9.26. The third-order valence-corrected chi connectivity index (χ3v) is 6.22. The van der Waals surface area contributed by atoms with Gasteiger partial charge in [-0.2, -0.15) is 0 Å². The molecule has 0 N–H and O–H groups in total. The van der Waals surface area contributed by atoms with Crippen molar-refractivity contribution >= 4 is 10.8 Å². The fraction of sp³-hybridized carbons (Fsp3) is 0.478. The molecule has 1 aliphatic heterocycles. The highest BCUT2D eigenvalue weighted by atomic mass is 32.2. The van der Waals surface area contributed by atoms with Gasteiger partial charge in [-0.05, 0) is 44.9 Å². The van der Waals surface area contributed by atoms with E-state index in [1.54, 1.807) is 0 Å². The van der Waals surface area contributed by atoms with Gasteiger partial charge in [-0.15, -0.1) is 0 Å². The minimum absolute atomic E-state index is 0.0412. The summed E-state index contributed by atoms with van der Waals surface area (Å²) in [6.45, 7) is 7.11. The smallest absolute Gasteiger partial charge is 0.163 e. The molecule has 3 atom stereocenters. The lowest BCUT2D eigenvalue weighted by Gasteiger charge is -2.40. The molecule has 0 bridgehead atoms. The summed E-state index contributed by atoms with van der Waals surface area (Å²) in [5, 5.41) is 0. The van der Waals surface area contributed by atoms with Gasteiger partial charge in [-0.3, -0.25) is 4.21 Å². The maximum atomic E-state index is 12.7. The first kappa shape index (κ1) is 21.2. The zero-order chi connectivity index (χ0) is 20.0. The van der Waals surface area contributed by atoms with Crippen molar-refractivity contribution < 1.29 is 18.4 Å². The van der Waals surface area contributed by atoms with E-state index < -0.39 is 16.6 Å². The van der Waals surface area contributed by atoms with Crippen molar-refractivity contribution in [3.8, 4) is 0 Å². The first-order valence-corrected chi connectivity index (χ1v) is 11.2. The van der Waals surface area contributed by atoms with Gasteiger partial charge in [0, 0.05) is 17.9 Å². The zero-order valence-corrected chi connectivity index (χ0v) is 17.7. The fourth-order valence-electron chi connectivity index (χ4n) is 3.43. The summed E-state index contributed by atoms with van der Waals surface area (Å²) in [6, 6.07) is 18.0. The second kappa shape index (κ2) is 9.79. The van der Waals surface area contributed by atoms with Crippen LogP contribution in [0.1, 0.15) is 37.8 Å². The Hall–Kier alpha value is -1.53. The van der Waals surface area contributed by atoms with E-state index in [1.165, 1.54) is 11.1 Å². The molecule has 4 nitrogen and oxygen atoms in total. The number of hydrogen-bond donors (Lipinski definition) is 0. The van der Waals surface area contributed by atoms with E-state index >= 15 is 0 Å². The largest absolute Gasteiger partial charge is 0.377 e. The molecule has 0 spiro atoms. The third kappa shape index (κ3) is 6.52. The molecule has 28 heavy (non-hydrogen) atoms. The van der Waals surface area contributed by atoms with Crippen molar-refractivity contribution in [1.82, 2.24) is 0 Å². The van der Waals surface area contributed by atoms with Gasteiger partial charge in [0.2, 0.25) is 0 Å². The summed E-state index contributed by atoms with van der Waals surface area (Å²) in [6.07, 6.45) is 1.48. The van der Waals surface area contributed by atoms with Gasteiger partial charge in [0.25, 0.3) is 0 Å². The van der Waals surface area contributed by atoms with E-state index in [9.17, 15) is 4.21 Å². The molecule has 2 aromatic carbocycles. The Morgan fingerprint density at radius 3 is 2.43 bits per heavy atom. The van der Waals surface area contributed by atoms with Crippen molar-refractivity contribution in [3.05, 3.63) is 65.7 Å². The number of aryl methyl sites for hydroxylation is 1. The van der Waals surface area contributed by atoms with Gasteiger partial charge < -0.3 is 14.2 Å². The highest BCUT2D eigenvalue weighted by Crippen LogP contribution is 2.29. The lowest BCUT2D eigenvalue weighted by Crippen LogP contribution is -2.46. The Bertz CT molecular complexity index is 758. The highest BCUT2D eigenvalue weighted by Gasteiger charge is 2.36. The number of rotatable bonds is 8. The summed E-state index contributed by atoms with van der Waals surface area (Å²) in [5.74, 6) is -0.193. The topological polar surface area (TPSA) is 44.8 Å². The molecule has 1 aliphatic rings. The van der Waals surface area contributed by atoms with Crippen LogP contribution in [0.15, 0.2) is 59.5 Å². The van der Waals surface area contributed by atoms with Crippen LogP contribution in [0.25, 0.3) is 0 Å². The Labute approximate surface area is 170 Å². The SMILES string of the molecule is Cc1ccc([S@](=O)C[C@@H]2C[C@H](CCOCc3ccccc3)OC(C)(C)O2)cc1. The molecule has 0 radical (unpaired) electrons. The second-order valence-electron chi connectivity index (χ2n) is 7.77. The van der Waals surface area contributed by atoms with Crippen molar-refractivity contribution in [2.75, 3.05) is 12.4 Å². The molecule has 1 heterocycles. The van der Waals surface area contributed by atoms with Crippen LogP contribution < -0.4 is 0 Å². The quantitative estimate of drug-likeness (QED) is 0.605. The summed E-state index contributed by atoms with van der Waals surface area (Å²) < 4.78 is 30.6. The predicted octanol–water partition coefficient (Wildman–Crippen LogP) is 4.62. The van der Waals surface area contributed by atoms with E-state index in [-0.39, 0.29) is 12.2 Å². The third-order valence-electron chi connectivity index (χ3n) is 4.74. The van der Waals surface area contributed by atoms with Crippen LogP contribution in [0, 0.1) is 6.92 Å². The molecule has 3 rings (SSSR count). The van der Waals surface area contributed by atoms with Crippen LogP contribution >= 0.6 is 0 Å². The maximum Gasteiger partial charge on any atom is 0.163 e. The summed E-state index contributed by atoms with van der Waals surface area (Å²) >= 11 is 0. The molecule has 0 unspecified atom stereocenters. The van der Waals surface area contributed by atoms with E-state index in [0.29, 0.717) is 19.0 Å². The molecule has 1 fully saturated rings. The fourth-order valence-corrected chi connectivity index (χ4v) is 4.61. The van der Waals surface area contributed by atoms with Crippen LogP contribution in [-0.2, 0) is 31.6 Å². The van der Waals surface area contributed by atoms with E-state index in [4.69, 9.17) is 14.2 Å². The Morgan fingerprint density at radius 2 is 1.71 bits per heavy atom. The molecule has 0 aliphatic carbocycles. The average molecular weight is 403 g/mol. The minimum atomic E-state index is -1.08. The highest BCUT2D eigenvalue weighted by molar-refractivity contribution is 7.85. The average Bonchev–Trinajstić information content (AvgIpc) is 2.65. The molecule has 1 saturated heterocycles. The van der Waals surface area contributed by atoms with Crippen LogP contribution in [0.5, 0.6) is 0 Å².